The SMILES string of the molecule is C=CCNCC(=O)NCC1CCN(CC)C1. The van der Waals surface area contributed by atoms with Gasteiger partial charge in [-0.3, -0.25) is 4.79 Å². The Morgan fingerprint density at radius 1 is 1.62 bits per heavy atom. The van der Waals surface area contributed by atoms with Crippen molar-refractivity contribution in [3.05, 3.63) is 12.7 Å². The van der Waals surface area contributed by atoms with Crippen molar-refractivity contribution in [2.24, 2.45) is 5.92 Å². The zero-order valence-electron chi connectivity index (χ0n) is 10.2. The van der Waals surface area contributed by atoms with Crippen molar-refractivity contribution in [1.82, 2.24) is 15.5 Å². The molecule has 0 aromatic carbocycles. The molecule has 0 spiro atoms. The molecule has 0 bridgehead atoms. The lowest BCUT2D eigenvalue weighted by molar-refractivity contribution is -0.120. The van der Waals surface area contributed by atoms with E-state index < -0.39 is 0 Å². The third kappa shape index (κ3) is 4.77. The summed E-state index contributed by atoms with van der Waals surface area (Å²) in [6.45, 7) is 11.1. The van der Waals surface area contributed by atoms with E-state index in [1.165, 1.54) is 13.0 Å². The van der Waals surface area contributed by atoms with Crippen LogP contribution in [0, 0.1) is 5.92 Å². The van der Waals surface area contributed by atoms with Crippen LogP contribution in [0.5, 0.6) is 0 Å². The summed E-state index contributed by atoms with van der Waals surface area (Å²) in [5, 5.41) is 5.96. The van der Waals surface area contributed by atoms with E-state index in [0.717, 1.165) is 19.6 Å². The second-order valence-corrected chi connectivity index (χ2v) is 4.27. The minimum atomic E-state index is 0.0804. The third-order valence-electron chi connectivity index (χ3n) is 2.98. The number of carbonyl (C=O) groups is 1. The van der Waals surface area contributed by atoms with Gasteiger partial charge < -0.3 is 15.5 Å². The van der Waals surface area contributed by atoms with Crippen LogP contribution in [0.3, 0.4) is 0 Å². The highest BCUT2D eigenvalue weighted by Gasteiger charge is 2.21. The number of hydrogen-bond acceptors (Lipinski definition) is 3. The molecule has 0 radical (unpaired) electrons. The maximum absolute atomic E-state index is 11.4. The van der Waals surface area contributed by atoms with E-state index in [1.807, 2.05) is 0 Å². The van der Waals surface area contributed by atoms with Gasteiger partial charge >= 0.3 is 0 Å². The second-order valence-electron chi connectivity index (χ2n) is 4.27. The molecular formula is C12H23N3O. The summed E-state index contributed by atoms with van der Waals surface area (Å²) < 4.78 is 0. The molecule has 1 fully saturated rings. The van der Waals surface area contributed by atoms with E-state index in [-0.39, 0.29) is 5.91 Å². The highest BCUT2D eigenvalue weighted by atomic mass is 16.1. The van der Waals surface area contributed by atoms with Gasteiger partial charge in [-0.1, -0.05) is 13.0 Å². The molecule has 92 valence electrons. The Labute approximate surface area is 98.1 Å². The predicted molar refractivity (Wildman–Crippen MR) is 66.3 cm³/mol. The van der Waals surface area contributed by atoms with Gasteiger partial charge in [-0.15, -0.1) is 6.58 Å². The molecular weight excluding hydrogens is 202 g/mol. The normalized spacial score (nSPS) is 20.9. The van der Waals surface area contributed by atoms with Gasteiger partial charge in [-0.05, 0) is 25.4 Å². The van der Waals surface area contributed by atoms with Crippen molar-refractivity contribution < 1.29 is 4.79 Å². The fourth-order valence-electron chi connectivity index (χ4n) is 1.98. The molecule has 0 aliphatic carbocycles. The molecule has 1 atom stereocenters. The van der Waals surface area contributed by atoms with Crippen LogP contribution in [0.2, 0.25) is 0 Å². The molecule has 1 heterocycles. The quantitative estimate of drug-likeness (QED) is 0.481. The largest absolute Gasteiger partial charge is 0.355 e. The number of nitrogens with zero attached hydrogens (tertiary/aromatic N) is 1. The van der Waals surface area contributed by atoms with Gasteiger partial charge in [0.05, 0.1) is 6.54 Å². The highest BCUT2D eigenvalue weighted by molar-refractivity contribution is 5.77. The van der Waals surface area contributed by atoms with Gasteiger partial charge in [0.15, 0.2) is 0 Å². The maximum atomic E-state index is 11.4. The zero-order chi connectivity index (χ0) is 11.8. The lowest BCUT2D eigenvalue weighted by Crippen LogP contribution is -2.37. The Hall–Kier alpha value is -0.870. The first-order chi connectivity index (χ1) is 7.76. The number of hydrogen-bond donors (Lipinski definition) is 2. The first kappa shape index (κ1) is 13.2. The lowest BCUT2D eigenvalue weighted by atomic mass is 10.1. The Kier molecular flexibility index (Phi) is 6.11. The number of likely N-dealkylation sites (tertiary alicyclic amines) is 1. The van der Waals surface area contributed by atoms with Crippen molar-refractivity contribution in [2.45, 2.75) is 13.3 Å². The minimum Gasteiger partial charge on any atom is -0.355 e. The molecule has 1 aliphatic rings. The van der Waals surface area contributed by atoms with E-state index in [0.29, 0.717) is 19.0 Å². The van der Waals surface area contributed by atoms with E-state index in [1.54, 1.807) is 6.08 Å². The molecule has 1 aliphatic heterocycles. The van der Waals surface area contributed by atoms with Crippen LogP contribution in [0.15, 0.2) is 12.7 Å². The van der Waals surface area contributed by atoms with Gasteiger partial charge in [0.2, 0.25) is 5.91 Å². The summed E-state index contributed by atoms with van der Waals surface area (Å²) in [7, 11) is 0. The van der Waals surface area contributed by atoms with Crippen molar-refractivity contribution in [1.29, 1.82) is 0 Å². The fourth-order valence-corrected chi connectivity index (χ4v) is 1.98. The molecule has 1 rings (SSSR count). The molecule has 2 N–H and O–H groups in total. The van der Waals surface area contributed by atoms with Gasteiger partial charge in [-0.2, -0.15) is 0 Å². The average molecular weight is 225 g/mol. The standard InChI is InChI=1S/C12H23N3O/c1-3-6-13-9-12(16)14-8-11-5-7-15(4-2)10-11/h3,11,13H,1,4-10H2,2H3,(H,14,16). The number of rotatable bonds is 7. The second kappa shape index (κ2) is 7.41. The van der Waals surface area contributed by atoms with Crippen LogP contribution in [-0.4, -0.2) is 50.1 Å². The molecule has 4 heteroatoms. The third-order valence-corrected chi connectivity index (χ3v) is 2.98. The van der Waals surface area contributed by atoms with Gasteiger partial charge in [-0.25, -0.2) is 0 Å². The summed E-state index contributed by atoms with van der Waals surface area (Å²) in [6, 6.07) is 0. The van der Waals surface area contributed by atoms with E-state index in [4.69, 9.17) is 0 Å². The summed E-state index contributed by atoms with van der Waals surface area (Å²) in [6.07, 6.45) is 2.96. The predicted octanol–water partition coefficient (Wildman–Crippen LogP) is 0.220. The summed E-state index contributed by atoms with van der Waals surface area (Å²) in [4.78, 5) is 13.8. The van der Waals surface area contributed by atoms with Crippen LogP contribution in [0.1, 0.15) is 13.3 Å². The molecule has 16 heavy (non-hydrogen) atoms. The smallest absolute Gasteiger partial charge is 0.233 e. The minimum absolute atomic E-state index is 0.0804. The summed E-state index contributed by atoms with van der Waals surface area (Å²) in [5.74, 6) is 0.708. The van der Waals surface area contributed by atoms with Crippen LogP contribution in [0.25, 0.3) is 0 Å². The van der Waals surface area contributed by atoms with E-state index in [9.17, 15) is 4.79 Å². The Morgan fingerprint density at radius 2 is 2.44 bits per heavy atom. The number of amides is 1. The van der Waals surface area contributed by atoms with E-state index >= 15 is 0 Å². The molecule has 4 nitrogen and oxygen atoms in total. The monoisotopic (exact) mass is 225 g/mol. The highest BCUT2D eigenvalue weighted by Crippen LogP contribution is 2.14. The van der Waals surface area contributed by atoms with Crippen molar-refractivity contribution in [2.75, 3.05) is 39.3 Å². The molecule has 0 saturated carbocycles. The van der Waals surface area contributed by atoms with Crippen molar-refractivity contribution in [3.63, 3.8) is 0 Å². The topological polar surface area (TPSA) is 44.4 Å². The van der Waals surface area contributed by atoms with Crippen LogP contribution >= 0.6 is 0 Å². The van der Waals surface area contributed by atoms with Crippen molar-refractivity contribution in [3.8, 4) is 0 Å². The number of carbonyl (C=O) groups excluding carboxylic acids is 1. The molecule has 0 aromatic rings. The van der Waals surface area contributed by atoms with Crippen LogP contribution in [-0.2, 0) is 4.79 Å². The average Bonchev–Trinajstić information content (AvgIpc) is 2.74. The number of nitrogens with one attached hydrogen (secondary N) is 2. The lowest BCUT2D eigenvalue weighted by Gasteiger charge is -2.13. The Balaban J connectivity index is 2.06. The van der Waals surface area contributed by atoms with Gasteiger partial charge in [0.1, 0.15) is 0 Å². The van der Waals surface area contributed by atoms with E-state index in [2.05, 4.69) is 29.0 Å². The molecule has 0 aromatic heterocycles. The van der Waals surface area contributed by atoms with Gasteiger partial charge in [0, 0.05) is 19.6 Å². The Bertz CT molecular complexity index is 230. The first-order valence-corrected chi connectivity index (χ1v) is 6.07. The van der Waals surface area contributed by atoms with Crippen molar-refractivity contribution >= 4 is 5.91 Å². The Morgan fingerprint density at radius 3 is 3.06 bits per heavy atom. The first-order valence-electron chi connectivity index (χ1n) is 6.07. The maximum Gasteiger partial charge on any atom is 0.233 e. The fraction of sp³-hybridized carbons (Fsp3) is 0.750. The molecule has 1 saturated heterocycles. The van der Waals surface area contributed by atoms with Gasteiger partial charge in [0.25, 0.3) is 0 Å². The summed E-state index contributed by atoms with van der Waals surface area (Å²) in [5.41, 5.74) is 0. The summed E-state index contributed by atoms with van der Waals surface area (Å²) >= 11 is 0. The zero-order valence-corrected chi connectivity index (χ0v) is 10.2. The van der Waals surface area contributed by atoms with Crippen LogP contribution < -0.4 is 10.6 Å². The molecule has 1 amide bonds. The molecule has 1 unspecified atom stereocenters. The van der Waals surface area contributed by atoms with Crippen LogP contribution in [0.4, 0.5) is 0 Å².